The second-order valence-corrected chi connectivity index (χ2v) is 4.57. The van der Waals surface area contributed by atoms with Gasteiger partial charge in [0.2, 0.25) is 0 Å². The molecular formula is C12H22F2O2. The molecule has 0 aromatic carbocycles. The van der Waals surface area contributed by atoms with E-state index in [1.165, 1.54) is 25.7 Å². The molecule has 1 unspecified atom stereocenters. The highest BCUT2D eigenvalue weighted by molar-refractivity contribution is 4.72. The van der Waals surface area contributed by atoms with Crippen LogP contribution in [0.1, 0.15) is 44.9 Å². The SMILES string of the molecule is OC(CCOCC(F)F)C1CCCCCC1. The quantitative estimate of drug-likeness (QED) is 0.567. The van der Waals surface area contributed by atoms with Crippen LogP contribution in [0.4, 0.5) is 8.78 Å². The number of halogens is 2. The van der Waals surface area contributed by atoms with Crippen LogP contribution in [0.5, 0.6) is 0 Å². The predicted octanol–water partition coefficient (Wildman–Crippen LogP) is 2.99. The molecule has 0 spiro atoms. The van der Waals surface area contributed by atoms with Crippen molar-refractivity contribution in [2.75, 3.05) is 13.2 Å². The highest BCUT2D eigenvalue weighted by Gasteiger charge is 2.20. The smallest absolute Gasteiger partial charge is 0.261 e. The molecule has 1 saturated carbocycles. The summed E-state index contributed by atoms with van der Waals surface area (Å²) in [4.78, 5) is 0. The van der Waals surface area contributed by atoms with E-state index in [2.05, 4.69) is 0 Å². The molecule has 1 N–H and O–H groups in total. The molecule has 0 saturated heterocycles. The van der Waals surface area contributed by atoms with Crippen molar-refractivity contribution in [3.05, 3.63) is 0 Å². The molecular weight excluding hydrogens is 214 g/mol. The van der Waals surface area contributed by atoms with Crippen molar-refractivity contribution in [1.29, 1.82) is 0 Å². The lowest BCUT2D eigenvalue weighted by Gasteiger charge is -2.21. The number of rotatable bonds is 6. The van der Waals surface area contributed by atoms with E-state index in [-0.39, 0.29) is 12.7 Å². The Morgan fingerprint density at radius 2 is 1.75 bits per heavy atom. The number of ether oxygens (including phenoxy) is 1. The van der Waals surface area contributed by atoms with Gasteiger partial charge >= 0.3 is 0 Å². The first-order chi connectivity index (χ1) is 7.70. The topological polar surface area (TPSA) is 29.5 Å². The van der Waals surface area contributed by atoms with Crippen molar-refractivity contribution >= 4 is 0 Å². The molecule has 0 heterocycles. The Bertz CT molecular complexity index is 168. The molecule has 0 aliphatic heterocycles. The van der Waals surface area contributed by atoms with Crippen LogP contribution in [0.3, 0.4) is 0 Å². The molecule has 0 amide bonds. The summed E-state index contributed by atoms with van der Waals surface area (Å²) in [6.45, 7) is -0.278. The van der Waals surface area contributed by atoms with E-state index in [4.69, 9.17) is 4.74 Å². The van der Waals surface area contributed by atoms with Gasteiger partial charge in [0.15, 0.2) is 0 Å². The van der Waals surface area contributed by atoms with E-state index in [0.717, 1.165) is 12.8 Å². The van der Waals surface area contributed by atoms with E-state index >= 15 is 0 Å². The number of aliphatic hydroxyl groups excluding tert-OH is 1. The normalized spacial score (nSPS) is 21.0. The minimum absolute atomic E-state index is 0.238. The third kappa shape index (κ3) is 5.75. The Morgan fingerprint density at radius 3 is 2.31 bits per heavy atom. The van der Waals surface area contributed by atoms with Crippen LogP contribution in [0, 0.1) is 5.92 Å². The summed E-state index contributed by atoms with van der Waals surface area (Å²) in [5.41, 5.74) is 0. The molecule has 0 aromatic rings. The van der Waals surface area contributed by atoms with E-state index in [9.17, 15) is 13.9 Å². The van der Waals surface area contributed by atoms with Crippen LogP contribution in [-0.2, 0) is 4.74 Å². The number of alkyl halides is 2. The Kier molecular flexibility index (Phi) is 6.88. The molecule has 96 valence electrons. The molecule has 4 heteroatoms. The van der Waals surface area contributed by atoms with Gasteiger partial charge in [0.05, 0.1) is 6.10 Å². The number of hydrogen-bond acceptors (Lipinski definition) is 2. The average molecular weight is 236 g/mol. The van der Waals surface area contributed by atoms with E-state index < -0.39 is 13.0 Å². The van der Waals surface area contributed by atoms with Crippen LogP contribution < -0.4 is 0 Å². The lowest BCUT2D eigenvalue weighted by molar-refractivity contribution is -0.00405. The van der Waals surface area contributed by atoms with Gasteiger partial charge in [0.1, 0.15) is 6.61 Å². The Hall–Kier alpha value is -0.220. The Balaban J connectivity index is 2.10. The predicted molar refractivity (Wildman–Crippen MR) is 58.6 cm³/mol. The molecule has 2 nitrogen and oxygen atoms in total. The van der Waals surface area contributed by atoms with Crippen LogP contribution >= 0.6 is 0 Å². The maximum Gasteiger partial charge on any atom is 0.261 e. The summed E-state index contributed by atoms with van der Waals surface area (Å²) in [6, 6.07) is 0. The molecule has 0 radical (unpaired) electrons. The fourth-order valence-corrected chi connectivity index (χ4v) is 2.31. The van der Waals surface area contributed by atoms with Crippen molar-refractivity contribution < 1.29 is 18.6 Å². The second-order valence-electron chi connectivity index (χ2n) is 4.57. The zero-order chi connectivity index (χ0) is 11.8. The van der Waals surface area contributed by atoms with Crippen LogP contribution in [-0.4, -0.2) is 30.8 Å². The van der Waals surface area contributed by atoms with Gasteiger partial charge in [-0.05, 0) is 25.2 Å². The minimum atomic E-state index is -2.41. The molecule has 1 aliphatic rings. The highest BCUT2D eigenvalue weighted by atomic mass is 19.3. The van der Waals surface area contributed by atoms with Gasteiger partial charge in [0, 0.05) is 6.61 Å². The van der Waals surface area contributed by atoms with Gasteiger partial charge < -0.3 is 9.84 Å². The van der Waals surface area contributed by atoms with Gasteiger partial charge in [-0.2, -0.15) is 0 Å². The lowest BCUT2D eigenvalue weighted by atomic mass is 9.92. The maximum atomic E-state index is 11.8. The van der Waals surface area contributed by atoms with Gasteiger partial charge in [-0.15, -0.1) is 0 Å². The Labute approximate surface area is 96.0 Å². The van der Waals surface area contributed by atoms with Gasteiger partial charge in [-0.25, -0.2) is 8.78 Å². The summed E-state index contributed by atoms with van der Waals surface area (Å²) in [5, 5.41) is 9.90. The fourth-order valence-electron chi connectivity index (χ4n) is 2.31. The monoisotopic (exact) mass is 236 g/mol. The molecule has 0 aromatic heterocycles. The zero-order valence-corrected chi connectivity index (χ0v) is 9.71. The highest BCUT2D eigenvalue weighted by Crippen LogP contribution is 2.26. The van der Waals surface area contributed by atoms with Gasteiger partial charge in [-0.3, -0.25) is 0 Å². The van der Waals surface area contributed by atoms with E-state index in [0.29, 0.717) is 12.3 Å². The van der Waals surface area contributed by atoms with Crippen molar-refractivity contribution in [2.24, 2.45) is 5.92 Å². The first-order valence-corrected chi connectivity index (χ1v) is 6.24. The van der Waals surface area contributed by atoms with Crippen molar-refractivity contribution in [3.8, 4) is 0 Å². The zero-order valence-electron chi connectivity index (χ0n) is 9.71. The average Bonchev–Trinajstić information content (AvgIpc) is 2.52. The molecule has 1 aliphatic carbocycles. The largest absolute Gasteiger partial charge is 0.393 e. The summed E-state index contributed by atoms with van der Waals surface area (Å²) in [5.74, 6) is 0.345. The maximum absolute atomic E-state index is 11.8. The Morgan fingerprint density at radius 1 is 1.12 bits per heavy atom. The van der Waals surface area contributed by atoms with Crippen LogP contribution in [0.25, 0.3) is 0 Å². The molecule has 16 heavy (non-hydrogen) atoms. The minimum Gasteiger partial charge on any atom is -0.393 e. The number of aliphatic hydroxyl groups is 1. The van der Waals surface area contributed by atoms with Crippen molar-refractivity contribution in [3.63, 3.8) is 0 Å². The van der Waals surface area contributed by atoms with E-state index in [1.54, 1.807) is 0 Å². The fraction of sp³-hybridized carbons (Fsp3) is 1.00. The third-order valence-corrected chi connectivity index (χ3v) is 3.25. The first kappa shape index (κ1) is 13.8. The molecule has 1 atom stereocenters. The van der Waals surface area contributed by atoms with Crippen molar-refractivity contribution in [2.45, 2.75) is 57.5 Å². The van der Waals surface area contributed by atoms with E-state index in [1.807, 2.05) is 0 Å². The lowest BCUT2D eigenvalue weighted by Crippen LogP contribution is -2.22. The molecule has 0 bridgehead atoms. The van der Waals surface area contributed by atoms with Crippen LogP contribution in [0.15, 0.2) is 0 Å². The summed E-state index contributed by atoms with van der Waals surface area (Å²) < 4.78 is 28.3. The standard InChI is InChI=1S/C12H22F2O2/c13-12(14)9-16-8-7-11(15)10-5-3-1-2-4-6-10/h10-12,15H,1-9H2. The summed E-state index contributed by atoms with van der Waals surface area (Å²) in [6.07, 6.45) is 4.70. The molecule has 1 fully saturated rings. The van der Waals surface area contributed by atoms with Crippen LogP contribution in [0.2, 0.25) is 0 Å². The molecule has 1 rings (SSSR count). The first-order valence-electron chi connectivity index (χ1n) is 6.24. The van der Waals surface area contributed by atoms with Gasteiger partial charge in [0.25, 0.3) is 6.43 Å². The van der Waals surface area contributed by atoms with Gasteiger partial charge in [-0.1, -0.05) is 25.7 Å². The summed E-state index contributed by atoms with van der Waals surface area (Å²) >= 11 is 0. The summed E-state index contributed by atoms with van der Waals surface area (Å²) in [7, 11) is 0. The third-order valence-electron chi connectivity index (χ3n) is 3.25. The van der Waals surface area contributed by atoms with Crippen molar-refractivity contribution in [1.82, 2.24) is 0 Å². The number of hydrogen-bond donors (Lipinski definition) is 1. The second kappa shape index (κ2) is 7.96.